The van der Waals surface area contributed by atoms with Crippen LogP contribution in [0.4, 0.5) is 0 Å². The Morgan fingerprint density at radius 3 is 2.56 bits per heavy atom. The second kappa shape index (κ2) is 3.07. The first-order valence-electron chi connectivity index (χ1n) is 4.94. The smallest absolute Gasteiger partial charge is 0.339 e. The van der Waals surface area contributed by atoms with E-state index in [1.807, 2.05) is 0 Å². The first-order valence-corrected chi connectivity index (χ1v) is 4.94. The number of carbonyl (C=O) groups is 2. The van der Waals surface area contributed by atoms with Gasteiger partial charge in [0.1, 0.15) is 11.3 Å². The van der Waals surface area contributed by atoms with Crippen LogP contribution < -0.4 is 4.74 Å². The van der Waals surface area contributed by atoms with Crippen LogP contribution in [-0.2, 0) is 0 Å². The highest BCUT2D eigenvalue weighted by atomic mass is 16.5. The van der Waals surface area contributed by atoms with Crippen LogP contribution in [-0.4, -0.2) is 22.5 Å². The van der Waals surface area contributed by atoms with E-state index in [4.69, 9.17) is 9.84 Å². The molecular weight excluding hydrogens is 208 g/mol. The SMILES string of the molecule is Cc1cc(C(=O)O)c2c(c1)C(=O)C(C)(C)O2. The highest BCUT2D eigenvalue weighted by Crippen LogP contribution is 2.38. The number of hydrogen-bond donors (Lipinski definition) is 1. The van der Waals surface area contributed by atoms with Crippen LogP contribution in [0.25, 0.3) is 0 Å². The molecule has 0 radical (unpaired) electrons. The number of carboxylic acids is 1. The maximum atomic E-state index is 11.9. The quantitative estimate of drug-likeness (QED) is 0.786. The molecule has 0 aromatic heterocycles. The molecule has 1 N–H and O–H groups in total. The minimum absolute atomic E-state index is 0.0499. The van der Waals surface area contributed by atoms with E-state index in [1.54, 1.807) is 26.8 Å². The van der Waals surface area contributed by atoms with Crippen molar-refractivity contribution in [2.75, 3.05) is 0 Å². The van der Waals surface area contributed by atoms with E-state index in [0.717, 1.165) is 5.56 Å². The molecule has 4 nitrogen and oxygen atoms in total. The fraction of sp³-hybridized carbons (Fsp3) is 0.333. The average molecular weight is 220 g/mol. The Kier molecular flexibility index (Phi) is 2.05. The van der Waals surface area contributed by atoms with Crippen LogP contribution in [0.1, 0.15) is 40.1 Å². The molecule has 0 unspecified atom stereocenters. The molecule has 0 saturated heterocycles. The van der Waals surface area contributed by atoms with Crippen LogP contribution >= 0.6 is 0 Å². The number of carboxylic acid groups (broad SMARTS) is 1. The molecule has 0 bridgehead atoms. The summed E-state index contributed by atoms with van der Waals surface area (Å²) in [5.74, 6) is -1.06. The summed E-state index contributed by atoms with van der Waals surface area (Å²) in [7, 11) is 0. The molecule has 0 amide bonds. The molecular formula is C12H12O4. The van der Waals surface area contributed by atoms with Gasteiger partial charge in [0.25, 0.3) is 0 Å². The third-order valence-electron chi connectivity index (χ3n) is 2.61. The summed E-state index contributed by atoms with van der Waals surface area (Å²) in [4.78, 5) is 23.0. The molecule has 0 atom stereocenters. The van der Waals surface area contributed by atoms with Crippen molar-refractivity contribution in [3.63, 3.8) is 0 Å². The summed E-state index contributed by atoms with van der Waals surface area (Å²) < 4.78 is 5.42. The Hall–Kier alpha value is -1.84. The van der Waals surface area contributed by atoms with Crippen molar-refractivity contribution in [1.82, 2.24) is 0 Å². The van der Waals surface area contributed by atoms with Crippen molar-refractivity contribution in [1.29, 1.82) is 0 Å². The molecule has 0 fully saturated rings. The van der Waals surface area contributed by atoms with Gasteiger partial charge in [-0.15, -0.1) is 0 Å². The van der Waals surface area contributed by atoms with E-state index in [2.05, 4.69) is 0 Å². The summed E-state index contributed by atoms with van der Waals surface area (Å²) >= 11 is 0. The molecule has 1 aliphatic rings. The number of benzene rings is 1. The van der Waals surface area contributed by atoms with Crippen LogP contribution in [0.5, 0.6) is 5.75 Å². The van der Waals surface area contributed by atoms with Gasteiger partial charge in [0.05, 0.1) is 5.56 Å². The number of rotatable bonds is 1. The van der Waals surface area contributed by atoms with Crippen molar-refractivity contribution in [2.45, 2.75) is 26.4 Å². The van der Waals surface area contributed by atoms with E-state index in [0.29, 0.717) is 5.56 Å². The monoisotopic (exact) mass is 220 g/mol. The molecule has 4 heteroatoms. The number of fused-ring (bicyclic) bond motifs is 1. The lowest BCUT2D eigenvalue weighted by molar-refractivity contribution is 0.0642. The highest BCUT2D eigenvalue weighted by Gasteiger charge is 2.42. The lowest BCUT2D eigenvalue weighted by Gasteiger charge is -2.15. The topological polar surface area (TPSA) is 63.6 Å². The molecule has 1 aromatic carbocycles. The minimum Gasteiger partial charge on any atom is -0.478 e. The van der Waals surface area contributed by atoms with Crippen LogP contribution in [0.15, 0.2) is 12.1 Å². The standard InChI is InChI=1S/C12H12O4/c1-6-4-7-9(8(5-6)11(14)15)16-12(2,3)10(7)13/h4-5H,1-3H3,(H,14,15). The maximum Gasteiger partial charge on any atom is 0.339 e. The van der Waals surface area contributed by atoms with E-state index in [1.165, 1.54) is 6.07 Å². The lowest BCUT2D eigenvalue weighted by Crippen LogP contribution is -2.32. The summed E-state index contributed by atoms with van der Waals surface area (Å²) in [5.41, 5.74) is 0.183. The zero-order valence-corrected chi connectivity index (χ0v) is 9.33. The highest BCUT2D eigenvalue weighted by molar-refractivity contribution is 6.10. The zero-order chi connectivity index (χ0) is 12.1. The first kappa shape index (κ1) is 10.7. The first-order chi connectivity index (χ1) is 7.33. The fourth-order valence-electron chi connectivity index (χ4n) is 1.84. The van der Waals surface area contributed by atoms with Gasteiger partial charge in [-0.25, -0.2) is 4.79 Å². The number of carbonyl (C=O) groups excluding carboxylic acids is 1. The summed E-state index contributed by atoms with van der Waals surface area (Å²) in [6.45, 7) is 5.03. The zero-order valence-electron chi connectivity index (χ0n) is 9.33. The van der Waals surface area contributed by atoms with E-state index >= 15 is 0 Å². The van der Waals surface area contributed by atoms with Gasteiger partial charge in [-0.05, 0) is 38.5 Å². The molecule has 16 heavy (non-hydrogen) atoms. The van der Waals surface area contributed by atoms with Crippen molar-refractivity contribution >= 4 is 11.8 Å². The van der Waals surface area contributed by atoms with Crippen molar-refractivity contribution in [3.05, 3.63) is 28.8 Å². The van der Waals surface area contributed by atoms with Gasteiger partial charge in [-0.3, -0.25) is 4.79 Å². The van der Waals surface area contributed by atoms with Crippen LogP contribution in [0.3, 0.4) is 0 Å². The minimum atomic E-state index is -1.08. The number of ketones is 1. The molecule has 1 heterocycles. The van der Waals surface area contributed by atoms with Crippen LogP contribution in [0.2, 0.25) is 0 Å². The number of aryl methyl sites for hydroxylation is 1. The maximum absolute atomic E-state index is 11.9. The van der Waals surface area contributed by atoms with Gasteiger partial charge in [0.2, 0.25) is 5.78 Å². The molecule has 0 saturated carbocycles. The molecule has 2 rings (SSSR count). The number of aromatic carboxylic acids is 1. The summed E-state index contributed by atoms with van der Waals surface area (Å²) in [5, 5.41) is 9.04. The van der Waals surface area contributed by atoms with Gasteiger partial charge >= 0.3 is 5.97 Å². The second-order valence-corrected chi connectivity index (χ2v) is 4.44. The Morgan fingerprint density at radius 2 is 2.00 bits per heavy atom. The van der Waals surface area contributed by atoms with Gasteiger partial charge in [-0.2, -0.15) is 0 Å². The lowest BCUT2D eigenvalue weighted by atomic mass is 9.97. The largest absolute Gasteiger partial charge is 0.478 e. The van der Waals surface area contributed by atoms with E-state index in [-0.39, 0.29) is 17.1 Å². The van der Waals surface area contributed by atoms with Gasteiger partial charge in [0, 0.05) is 0 Å². The molecule has 1 aromatic rings. The van der Waals surface area contributed by atoms with Gasteiger partial charge in [-0.1, -0.05) is 0 Å². The Morgan fingerprint density at radius 1 is 1.38 bits per heavy atom. The summed E-state index contributed by atoms with van der Waals surface area (Å²) in [6, 6.07) is 3.18. The third kappa shape index (κ3) is 1.38. The third-order valence-corrected chi connectivity index (χ3v) is 2.61. The predicted octanol–water partition coefficient (Wildman–Crippen LogP) is 2.05. The molecule has 0 aliphatic carbocycles. The Balaban J connectivity index is 2.70. The normalized spacial score (nSPS) is 16.8. The van der Waals surface area contributed by atoms with Crippen molar-refractivity contribution in [3.8, 4) is 5.75 Å². The molecule has 1 aliphatic heterocycles. The van der Waals surface area contributed by atoms with E-state index in [9.17, 15) is 9.59 Å². The van der Waals surface area contributed by atoms with Gasteiger partial charge in [0.15, 0.2) is 5.60 Å². The van der Waals surface area contributed by atoms with Crippen LogP contribution in [0, 0.1) is 6.92 Å². The van der Waals surface area contributed by atoms with Crippen molar-refractivity contribution < 1.29 is 19.4 Å². The summed E-state index contributed by atoms with van der Waals surface area (Å²) in [6.07, 6.45) is 0. The predicted molar refractivity (Wildman–Crippen MR) is 57.2 cm³/mol. The fourth-order valence-corrected chi connectivity index (χ4v) is 1.84. The Labute approximate surface area is 92.8 Å². The molecule has 84 valence electrons. The Bertz CT molecular complexity index is 500. The number of ether oxygens (including phenoxy) is 1. The van der Waals surface area contributed by atoms with Gasteiger partial charge < -0.3 is 9.84 Å². The second-order valence-electron chi connectivity index (χ2n) is 4.44. The number of hydrogen-bond acceptors (Lipinski definition) is 3. The average Bonchev–Trinajstić information content (AvgIpc) is 2.38. The number of Topliss-reactive ketones (excluding diaryl/α,β-unsaturated/α-hetero) is 1. The van der Waals surface area contributed by atoms with Crippen molar-refractivity contribution in [2.24, 2.45) is 0 Å². The molecule has 0 spiro atoms. The van der Waals surface area contributed by atoms with E-state index < -0.39 is 11.6 Å².